The first kappa shape index (κ1) is 19.0. The van der Waals surface area contributed by atoms with Crippen LogP contribution in [-0.4, -0.2) is 18.2 Å². The van der Waals surface area contributed by atoms with Gasteiger partial charge >= 0.3 is 0 Å². The SMILES string of the molecule is Cl.Nc1cccc2c1CCCN2C(=O)CSCc1cccc(Cl)c1. The highest BCUT2D eigenvalue weighted by Crippen LogP contribution is 2.31. The lowest BCUT2D eigenvalue weighted by molar-refractivity contribution is -0.116. The van der Waals surface area contributed by atoms with Crippen LogP contribution in [0.1, 0.15) is 17.5 Å². The second-order valence-corrected chi connectivity index (χ2v) is 7.04. The molecule has 128 valence electrons. The Morgan fingerprint density at radius 3 is 2.83 bits per heavy atom. The summed E-state index contributed by atoms with van der Waals surface area (Å²) in [6.07, 6.45) is 1.91. The molecule has 24 heavy (non-hydrogen) atoms. The first-order chi connectivity index (χ1) is 11.1. The van der Waals surface area contributed by atoms with Crippen LogP contribution >= 0.6 is 35.8 Å². The highest BCUT2D eigenvalue weighted by Gasteiger charge is 2.23. The predicted molar refractivity (Wildman–Crippen MR) is 106 cm³/mol. The van der Waals surface area contributed by atoms with E-state index in [-0.39, 0.29) is 18.3 Å². The molecule has 6 heteroatoms. The molecule has 1 aliphatic rings. The van der Waals surface area contributed by atoms with Crippen molar-refractivity contribution in [3.8, 4) is 0 Å². The van der Waals surface area contributed by atoms with Gasteiger partial charge in [0.15, 0.2) is 0 Å². The van der Waals surface area contributed by atoms with Crippen molar-refractivity contribution >= 4 is 53.1 Å². The van der Waals surface area contributed by atoms with Gasteiger partial charge in [0.05, 0.1) is 5.75 Å². The molecule has 1 heterocycles. The summed E-state index contributed by atoms with van der Waals surface area (Å²) < 4.78 is 0. The van der Waals surface area contributed by atoms with Gasteiger partial charge in [-0.2, -0.15) is 0 Å². The van der Waals surface area contributed by atoms with Gasteiger partial charge in [-0.1, -0.05) is 29.8 Å². The Morgan fingerprint density at radius 1 is 1.25 bits per heavy atom. The number of amides is 1. The number of thioether (sulfide) groups is 1. The number of hydrogen-bond acceptors (Lipinski definition) is 3. The first-order valence-electron chi connectivity index (χ1n) is 7.65. The van der Waals surface area contributed by atoms with Gasteiger partial charge in [-0.15, -0.1) is 24.2 Å². The first-order valence-corrected chi connectivity index (χ1v) is 9.18. The molecule has 0 fully saturated rings. The van der Waals surface area contributed by atoms with Gasteiger partial charge < -0.3 is 10.6 Å². The molecule has 1 aliphatic heterocycles. The van der Waals surface area contributed by atoms with Crippen LogP contribution in [0.5, 0.6) is 0 Å². The predicted octanol–water partition coefficient (Wildman–Crippen LogP) is 4.56. The zero-order valence-corrected chi connectivity index (χ0v) is 15.6. The van der Waals surface area contributed by atoms with E-state index in [9.17, 15) is 4.79 Å². The Labute approximate surface area is 158 Å². The molecule has 0 aromatic heterocycles. The molecule has 0 atom stereocenters. The van der Waals surface area contributed by atoms with E-state index in [1.165, 1.54) is 0 Å². The number of anilines is 2. The summed E-state index contributed by atoms with van der Waals surface area (Å²) >= 11 is 7.60. The third-order valence-electron chi connectivity index (χ3n) is 3.97. The maximum atomic E-state index is 12.6. The van der Waals surface area contributed by atoms with Gasteiger partial charge in [-0.25, -0.2) is 0 Å². The van der Waals surface area contributed by atoms with Crippen LogP contribution in [0.15, 0.2) is 42.5 Å². The Kier molecular flexibility index (Phi) is 6.84. The number of fused-ring (bicyclic) bond motifs is 1. The minimum Gasteiger partial charge on any atom is -0.398 e. The molecular weight excluding hydrogens is 363 g/mol. The molecule has 2 N–H and O–H groups in total. The fraction of sp³-hybridized carbons (Fsp3) is 0.278. The van der Waals surface area contributed by atoms with Crippen molar-refractivity contribution < 1.29 is 4.79 Å². The number of benzene rings is 2. The van der Waals surface area contributed by atoms with Crippen molar-refractivity contribution in [3.63, 3.8) is 0 Å². The monoisotopic (exact) mass is 382 g/mol. The van der Waals surface area contributed by atoms with Gasteiger partial charge in [-0.3, -0.25) is 4.79 Å². The Morgan fingerprint density at radius 2 is 2.04 bits per heavy atom. The van der Waals surface area contributed by atoms with Crippen molar-refractivity contribution in [2.75, 3.05) is 22.9 Å². The normalized spacial score (nSPS) is 13.1. The third-order valence-corrected chi connectivity index (χ3v) is 5.19. The average Bonchev–Trinajstić information content (AvgIpc) is 2.55. The second-order valence-electron chi connectivity index (χ2n) is 5.62. The minimum absolute atomic E-state index is 0. The summed E-state index contributed by atoms with van der Waals surface area (Å²) in [4.78, 5) is 14.4. The lowest BCUT2D eigenvalue weighted by Crippen LogP contribution is -2.37. The van der Waals surface area contributed by atoms with E-state index in [1.54, 1.807) is 11.8 Å². The van der Waals surface area contributed by atoms with Crippen LogP contribution in [0.2, 0.25) is 5.02 Å². The summed E-state index contributed by atoms with van der Waals surface area (Å²) in [5.41, 5.74) is 10.0. The van der Waals surface area contributed by atoms with Gasteiger partial charge in [0.2, 0.25) is 5.91 Å². The van der Waals surface area contributed by atoms with Gasteiger partial charge in [0, 0.05) is 28.7 Å². The van der Waals surface area contributed by atoms with Crippen LogP contribution in [0.25, 0.3) is 0 Å². The number of hydrogen-bond donors (Lipinski definition) is 1. The number of carbonyl (C=O) groups is 1. The van der Waals surface area contributed by atoms with Crippen LogP contribution in [0, 0.1) is 0 Å². The summed E-state index contributed by atoms with van der Waals surface area (Å²) in [7, 11) is 0. The fourth-order valence-corrected chi connectivity index (χ4v) is 3.93. The zero-order valence-electron chi connectivity index (χ0n) is 13.2. The molecule has 0 saturated carbocycles. The van der Waals surface area contributed by atoms with Crippen molar-refractivity contribution in [2.45, 2.75) is 18.6 Å². The second kappa shape index (κ2) is 8.65. The Hall–Kier alpha value is -1.36. The summed E-state index contributed by atoms with van der Waals surface area (Å²) in [5, 5.41) is 0.731. The van der Waals surface area contributed by atoms with Crippen molar-refractivity contribution in [1.82, 2.24) is 0 Å². The summed E-state index contributed by atoms with van der Waals surface area (Å²) in [6, 6.07) is 13.6. The lowest BCUT2D eigenvalue weighted by atomic mass is 10.00. The number of rotatable bonds is 4. The standard InChI is InChI=1S/C18H19ClN2OS.ClH/c19-14-5-1-4-13(10-14)11-23-12-18(22)21-9-3-6-15-16(20)7-2-8-17(15)21;/h1-2,4-5,7-8,10H,3,6,9,11-12,20H2;1H. The molecule has 0 saturated heterocycles. The maximum absolute atomic E-state index is 12.6. The van der Waals surface area contributed by atoms with Crippen LogP contribution in [0.3, 0.4) is 0 Å². The van der Waals surface area contributed by atoms with Crippen LogP contribution in [0.4, 0.5) is 11.4 Å². The smallest absolute Gasteiger partial charge is 0.236 e. The largest absolute Gasteiger partial charge is 0.398 e. The van der Waals surface area contributed by atoms with E-state index < -0.39 is 0 Å². The van der Waals surface area contributed by atoms with E-state index in [1.807, 2.05) is 47.4 Å². The minimum atomic E-state index is 0. The average molecular weight is 383 g/mol. The van der Waals surface area contributed by atoms with E-state index >= 15 is 0 Å². The van der Waals surface area contributed by atoms with Crippen LogP contribution < -0.4 is 10.6 Å². The van der Waals surface area contributed by atoms with Gasteiger partial charge in [-0.05, 0) is 48.2 Å². The molecule has 0 aliphatic carbocycles. The molecule has 0 unspecified atom stereocenters. The molecule has 2 aromatic carbocycles. The molecule has 0 spiro atoms. The maximum Gasteiger partial charge on any atom is 0.236 e. The van der Waals surface area contributed by atoms with E-state index in [0.717, 1.165) is 52.7 Å². The Balaban J connectivity index is 0.00000208. The zero-order chi connectivity index (χ0) is 16.2. The molecular formula is C18H20Cl2N2OS. The van der Waals surface area contributed by atoms with Crippen molar-refractivity contribution in [2.24, 2.45) is 0 Å². The van der Waals surface area contributed by atoms with E-state index in [2.05, 4.69) is 0 Å². The summed E-state index contributed by atoms with van der Waals surface area (Å²) in [6.45, 7) is 0.771. The fourth-order valence-electron chi connectivity index (χ4n) is 2.87. The topological polar surface area (TPSA) is 46.3 Å². The number of halogens is 2. The van der Waals surface area contributed by atoms with Gasteiger partial charge in [0.25, 0.3) is 0 Å². The van der Waals surface area contributed by atoms with Crippen molar-refractivity contribution in [3.05, 3.63) is 58.6 Å². The summed E-state index contributed by atoms with van der Waals surface area (Å²) in [5.74, 6) is 1.38. The molecule has 3 nitrogen and oxygen atoms in total. The molecule has 2 aromatic rings. The lowest BCUT2D eigenvalue weighted by Gasteiger charge is -2.30. The van der Waals surface area contributed by atoms with E-state index in [0.29, 0.717) is 5.75 Å². The number of nitrogens with zero attached hydrogens (tertiary/aromatic N) is 1. The molecule has 0 bridgehead atoms. The van der Waals surface area contributed by atoms with Gasteiger partial charge in [0.1, 0.15) is 0 Å². The van der Waals surface area contributed by atoms with E-state index in [4.69, 9.17) is 17.3 Å². The Bertz CT molecular complexity index is 724. The molecule has 3 rings (SSSR count). The highest BCUT2D eigenvalue weighted by atomic mass is 35.5. The molecule has 1 amide bonds. The van der Waals surface area contributed by atoms with Crippen molar-refractivity contribution in [1.29, 1.82) is 0 Å². The van der Waals surface area contributed by atoms with Crippen LogP contribution in [-0.2, 0) is 17.0 Å². The number of nitrogens with two attached hydrogens (primary N) is 1. The number of nitrogen functional groups attached to an aromatic ring is 1. The quantitative estimate of drug-likeness (QED) is 0.788. The molecule has 0 radical (unpaired) electrons. The number of carbonyl (C=O) groups excluding carboxylic acids is 1. The highest BCUT2D eigenvalue weighted by molar-refractivity contribution is 7.99. The third kappa shape index (κ3) is 4.38.